The second kappa shape index (κ2) is 3.75. The molecule has 4 nitrogen and oxygen atoms in total. The average Bonchev–Trinajstić information content (AvgIpc) is 2.19. The number of nitrogens with one attached hydrogen (secondary N) is 1. The molecule has 0 bridgehead atoms. The molecule has 1 aromatic carbocycles. The van der Waals surface area contributed by atoms with Crippen LogP contribution in [-0.2, 0) is 0 Å². The standard InChI is InChI=1S/C10H14N2O2/c13-8-1-2-9(10(14)7-8)12-5-3-11-4-6-12/h1-2,7,11,13-14H,3-6H2. The highest BCUT2D eigenvalue weighted by Crippen LogP contribution is 2.30. The normalized spacial score (nSPS) is 17.0. The number of hydrogen-bond acceptors (Lipinski definition) is 4. The maximum absolute atomic E-state index is 9.62. The summed E-state index contributed by atoms with van der Waals surface area (Å²) < 4.78 is 0. The highest BCUT2D eigenvalue weighted by atomic mass is 16.3. The Morgan fingerprint density at radius 2 is 1.86 bits per heavy atom. The summed E-state index contributed by atoms with van der Waals surface area (Å²) in [5.41, 5.74) is 0.796. The van der Waals surface area contributed by atoms with E-state index in [1.807, 2.05) is 0 Å². The van der Waals surface area contributed by atoms with Gasteiger partial charge in [-0.15, -0.1) is 0 Å². The van der Waals surface area contributed by atoms with Gasteiger partial charge < -0.3 is 20.4 Å². The Balaban J connectivity index is 2.22. The maximum atomic E-state index is 9.62. The van der Waals surface area contributed by atoms with Crippen molar-refractivity contribution < 1.29 is 10.2 Å². The number of phenolic OH excluding ortho intramolecular Hbond substituents is 2. The van der Waals surface area contributed by atoms with Crippen molar-refractivity contribution in [2.45, 2.75) is 0 Å². The predicted molar refractivity (Wildman–Crippen MR) is 54.9 cm³/mol. The summed E-state index contributed by atoms with van der Waals surface area (Å²) in [4.78, 5) is 2.10. The number of piperazine rings is 1. The van der Waals surface area contributed by atoms with Crippen molar-refractivity contribution in [2.75, 3.05) is 31.1 Å². The van der Waals surface area contributed by atoms with E-state index in [-0.39, 0.29) is 11.5 Å². The van der Waals surface area contributed by atoms with E-state index in [4.69, 9.17) is 5.11 Å². The third kappa shape index (κ3) is 1.75. The van der Waals surface area contributed by atoms with Crippen LogP contribution in [0.25, 0.3) is 0 Å². The van der Waals surface area contributed by atoms with Gasteiger partial charge in [-0.1, -0.05) is 0 Å². The van der Waals surface area contributed by atoms with Gasteiger partial charge in [-0.2, -0.15) is 0 Å². The van der Waals surface area contributed by atoms with Crippen molar-refractivity contribution in [3.8, 4) is 11.5 Å². The van der Waals surface area contributed by atoms with Gasteiger partial charge in [0.2, 0.25) is 0 Å². The second-order valence-corrected chi connectivity index (χ2v) is 3.41. The minimum Gasteiger partial charge on any atom is -0.508 e. The third-order valence-electron chi connectivity index (χ3n) is 2.42. The van der Waals surface area contributed by atoms with Gasteiger partial charge in [-0.3, -0.25) is 0 Å². The summed E-state index contributed by atoms with van der Waals surface area (Å²) in [5.74, 6) is 0.244. The molecule has 1 heterocycles. The number of rotatable bonds is 1. The summed E-state index contributed by atoms with van der Waals surface area (Å²) in [6, 6.07) is 4.71. The highest BCUT2D eigenvalue weighted by Gasteiger charge is 2.13. The fraction of sp³-hybridized carbons (Fsp3) is 0.400. The Morgan fingerprint density at radius 1 is 1.14 bits per heavy atom. The van der Waals surface area contributed by atoms with Crippen LogP contribution < -0.4 is 10.2 Å². The lowest BCUT2D eigenvalue weighted by Gasteiger charge is -2.29. The molecule has 0 saturated carbocycles. The predicted octanol–water partition coefficient (Wildman–Crippen LogP) is 0.507. The quantitative estimate of drug-likeness (QED) is 0.609. The zero-order chi connectivity index (χ0) is 9.97. The van der Waals surface area contributed by atoms with Gasteiger partial charge in [0.1, 0.15) is 11.5 Å². The van der Waals surface area contributed by atoms with E-state index >= 15 is 0 Å². The molecule has 4 heteroatoms. The number of nitrogens with zero attached hydrogens (tertiary/aromatic N) is 1. The van der Waals surface area contributed by atoms with Crippen molar-refractivity contribution >= 4 is 5.69 Å². The molecular weight excluding hydrogens is 180 g/mol. The molecule has 3 N–H and O–H groups in total. The minimum atomic E-state index is 0.0985. The number of hydrogen-bond donors (Lipinski definition) is 3. The molecule has 0 unspecified atom stereocenters. The largest absolute Gasteiger partial charge is 0.508 e. The number of benzene rings is 1. The van der Waals surface area contributed by atoms with Crippen molar-refractivity contribution in [1.82, 2.24) is 5.32 Å². The van der Waals surface area contributed by atoms with Crippen LogP contribution in [0.15, 0.2) is 18.2 Å². The van der Waals surface area contributed by atoms with Crippen LogP contribution in [-0.4, -0.2) is 36.4 Å². The van der Waals surface area contributed by atoms with Gasteiger partial charge in [-0.25, -0.2) is 0 Å². The first-order valence-corrected chi connectivity index (χ1v) is 4.75. The van der Waals surface area contributed by atoms with Crippen LogP contribution in [0.3, 0.4) is 0 Å². The number of anilines is 1. The van der Waals surface area contributed by atoms with Crippen molar-refractivity contribution in [3.05, 3.63) is 18.2 Å². The molecule has 0 spiro atoms. The molecule has 0 aliphatic carbocycles. The molecule has 1 fully saturated rings. The Hall–Kier alpha value is -1.42. The maximum Gasteiger partial charge on any atom is 0.142 e. The molecule has 1 aromatic rings. The molecule has 14 heavy (non-hydrogen) atoms. The zero-order valence-electron chi connectivity index (χ0n) is 7.90. The summed E-state index contributed by atoms with van der Waals surface area (Å²) >= 11 is 0. The molecule has 1 saturated heterocycles. The smallest absolute Gasteiger partial charge is 0.142 e. The summed E-state index contributed by atoms with van der Waals surface area (Å²) in [6.45, 7) is 3.64. The first-order chi connectivity index (χ1) is 6.77. The Bertz CT molecular complexity index is 322. The van der Waals surface area contributed by atoms with Crippen molar-refractivity contribution in [2.24, 2.45) is 0 Å². The van der Waals surface area contributed by atoms with Crippen LogP contribution >= 0.6 is 0 Å². The summed E-state index contributed by atoms with van der Waals surface area (Å²) in [6.07, 6.45) is 0. The molecule has 1 aliphatic heterocycles. The van der Waals surface area contributed by atoms with E-state index in [9.17, 15) is 5.11 Å². The number of aromatic hydroxyl groups is 2. The minimum absolute atomic E-state index is 0.0985. The molecule has 0 radical (unpaired) electrons. The molecule has 2 rings (SSSR count). The molecular formula is C10H14N2O2. The van der Waals surface area contributed by atoms with Crippen LogP contribution in [0.5, 0.6) is 11.5 Å². The van der Waals surface area contributed by atoms with Crippen LogP contribution in [0, 0.1) is 0 Å². The second-order valence-electron chi connectivity index (χ2n) is 3.41. The van der Waals surface area contributed by atoms with E-state index in [0.717, 1.165) is 31.9 Å². The van der Waals surface area contributed by atoms with Gasteiger partial charge in [0, 0.05) is 32.2 Å². The number of phenols is 2. The summed E-state index contributed by atoms with van der Waals surface area (Å²) in [7, 11) is 0. The lowest BCUT2D eigenvalue weighted by atomic mass is 10.2. The third-order valence-corrected chi connectivity index (χ3v) is 2.42. The van der Waals surface area contributed by atoms with Gasteiger partial charge in [0.25, 0.3) is 0 Å². The summed E-state index contributed by atoms with van der Waals surface area (Å²) in [5, 5.41) is 22.0. The highest BCUT2D eigenvalue weighted by molar-refractivity contribution is 5.60. The van der Waals surface area contributed by atoms with Gasteiger partial charge in [-0.05, 0) is 12.1 Å². The molecule has 0 atom stereocenters. The van der Waals surface area contributed by atoms with Gasteiger partial charge in [0.05, 0.1) is 5.69 Å². The molecule has 1 aliphatic rings. The lowest BCUT2D eigenvalue weighted by Crippen LogP contribution is -2.43. The monoisotopic (exact) mass is 194 g/mol. The van der Waals surface area contributed by atoms with Crippen LogP contribution in [0.2, 0.25) is 0 Å². The van der Waals surface area contributed by atoms with E-state index < -0.39 is 0 Å². The van der Waals surface area contributed by atoms with Gasteiger partial charge in [0.15, 0.2) is 0 Å². The SMILES string of the molecule is Oc1ccc(N2CCNCC2)c(O)c1. The van der Waals surface area contributed by atoms with Crippen molar-refractivity contribution in [3.63, 3.8) is 0 Å². The van der Waals surface area contributed by atoms with E-state index in [2.05, 4.69) is 10.2 Å². The Labute approximate surface area is 82.8 Å². The molecule has 0 amide bonds. The average molecular weight is 194 g/mol. The van der Waals surface area contributed by atoms with E-state index in [1.54, 1.807) is 12.1 Å². The van der Waals surface area contributed by atoms with E-state index in [0.29, 0.717) is 0 Å². The first kappa shape index (κ1) is 9.15. The topological polar surface area (TPSA) is 55.7 Å². The zero-order valence-corrected chi connectivity index (χ0v) is 7.90. The fourth-order valence-electron chi connectivity index (χ4n) is 1.68. The van der Waals surface area contributed by atoms with Crippen LogP contribution in [0.4, 0.5) is 5.69 Å². The molecule has 76 valence electrons. The first-order valence-electron chi connectivity index (χ1n) is 4.75. The Kier molecular flexibility index (Phi) is 2.45. The molecule has 0 aromatic heterocycles. The Morgan fingerprint density at radius 3 is 2.50 bits per heavy atom. The van der Waals surface area contributed by atoms with E-state index in [1.165, 1.54) is 6.07 Å². The van der Waals surface area contributed by atoms with Crippen molar-refractivity contribution in [1.29, 1.82) is 0 Å². The van der Waals surface area contributed by atoms with Crippen LogP contribution in [0.1, 0.15) is 0 Å². The van der Waals surface area contributed by atoms with Gasteiger partial charge >= 0.3 is 0 Å². The lowest BCUT2D eigenvalue weighted by molar-refractivity contribution is 0.448. The fourth-order valence-corrected chi connectivity index (χ4v) is 1.68.